The van der Waals surface area contributed by atoms with Crippen LogP contribution in [0.3, 0.4) is 0 Å². The van der Waals surface area contributed by atoms with Crippen LogP contribution in [0.25, 0.3) is 22.2 Å². The number of amides is 1. The van der Waals surface area contributed by atoms with Crippen LogP contribution in [0.2, 0.25) is 5.02 Å². The van der Waals surface area contributed by atoms with Crippen LogP contribution in [-0.4, -0.2) is 76.6 Å². The molecule has 0 unspecified atom stereocenters. The van der Waals surface area contributed by atoms with Crippen molar-refractivity contribution in [3.63, 3.8) is 0 Å². The van der Waals surface area contributed by atoms with Gasteiger partial charge in [0, 0.05) is 74.2 Å². The van der Waals surface area contributed by atoms with Gasteiger partial charge in [-0.1, -0.05) is 30.7 Å². The number of hydrogen-bond donors (Lipinski definition) is 1. The number of fused-ring (bicyclic) bond motifs is 1. The SMILES string of the molecule is CCC(=O)N1CCC[C@@H](n2c(=O)c(-c3cccc(F)c3Cl)c(C)c3cnc(Nc4ccc(N5CCN(C)CC5)c(C)c4)nc32)C1. The predicted molar refractivity (Wildman–Crippen MR) is 178 cm³/mol. The molecular weight excluding hydrogens is 593 g/mol. The fraction of sp³-hybridized carbons (Fsp3) is 0.412. The van der Waals surface area contributed by atoms with Crippen LogP contribution in [0.4, 0.5) is 21.7 Å². The topological polar surface area (TPSA) is 86.6 Å². The number of carbonyl (C=O) groups is 1. The number of aryl methyl sites for hydroxylation is 2. The third-order valence-electron chi connectivity index (χ3n) is 9.14. The molecular formula is C34H39ClFN7O2. The number of nitrogens with one attached hydrogen (secondary N) is 1. The molecule has 2 fully saturated rings. The first-order valence-corrected chi connectivity index (χ1v) is 16.0. The summed E-state index contributed by atoms with van der Waals surface area (Å²) in [5, 5.41) is 3.90. The van der Waals surface area contributed by atoms with E-state index in [0.29, 0.717) is 59.6 Å². The molecule has 4 aromatic rings. The summed E-state index contributed by atoms with van der Waals surface area (Å²) in [6.45, 7) is 10.8. The van der Waals surface area contributed by atoms with E-state index in [4.69, 9.17) is 16.6 Å². The number of piperidine rings is 1. The number of likely N-dealkylation sites (tertiary alicyclic amines) is 1. The third kappa shape index (κ3) is 6.01. The second-order valence-electron chi connectivity index (χ2n) is 12.1. The molecule has 0 radical (unpaired) electrons. The molecule has 0 bridgehead atoms. The molecule has 0 aliphatic carbocycles. The summed E-state index contributed by atoms with van der Waals surface area (Å²) in [6, 6.07) is 10.4. The van der Waals surface area contributed by atoms with Crippen LogP contribution in [0.1, 0.15) is 43.4 Å². The normalized spacial score (nSPS) is 17.6. The average Bonchev–Trinajstić information content (AvgIpc) is 3.03. The van der Waals surface area contributed by atoms with Gasteiger partial charge in [0.1, 0.15) is 11.5 Å². The number of aromatic nitrogens is 3. The standard InChI is InChI=1S/C34H39ClFN7O2/c1-5-29(44)42-13-7-8-24(20-42)43-32-26(22(3)30(33(43)45)25-9-6-10-27(36)31(25)35)19-37-34(39-32)38-23-11-12-28(21(2)18-23)41-16-14-40(4)15-17-41/h6,9-12,18-19,24H,5,7-8,13-17,20H2,1-4H3,(H,37,38,39)/t24-/m1/s1. The zero-order valence-corrected chi connectivity index (χ0v) is 27.0. The van der Waals surface area contributed by atoms with Crippen LogP contribution < -0.4 is 15.8 Å². The van der Waals surface area contributed by atoms with Gasteiger partial charge in [0.2, 0.25) is 11.9 Å². The monoisotopic (exact) mass is 631 g/mol. The van der Waals surface area contributed by atoms with E-state index >= 15 is 0 Å². The Morgan fingerprint density at radius 1 is 1.11 bits per heavy atom. The second-order valence-corrected chi connectivity index (χ2v) is 12.5. The highest BCUT2D eigenvalue weighted by Crippen LogP contribution is 2.35. The van der Waals surface area contributed by atoms with Crippen molar-refractivity contribution in [2.75, 3.05) is 56.5 Å². The Balaban J connectivity index is 1.43. The molecule has 1 atom stereocenters. The van der Waals surface area contributed by atoms with Crippen molar-refractivity contribution in [2.24, 2.45) is 0 Å². The lowest BCUT2D eigenvalue weighted by atomic mass is 9.98. The lowest BCUT2D eigenvalue weighted by Crippen LogP contribution is -2.44. The molecule has 4 heterocycles. The summed E-state index contributed by atoms with van der Waals surface area (Å²) in [5.74, 6) is -0.192. The van der Waals surface area contributed by atoms with Gasteiger partial charge in [-0.25, -0.2) is 9.37 Å². The van der Waals surface area contributed by atoms with Gasteiger partial charge in [-0.05, 0) is 69.1 Å². The Labute approximate surface area is 267 Å². The van der Waals surface area contributed by atoms with Crippen molar-refractivity contribution < 1.29 is 9.18 Å². The first-order chi connectivity index (χ1) is 21.7. The largest absolute Gasteiger partial charge is 0.369 e. The number of halogens is 2. The maximum absolute atomic E-state index is 14.6. The van der Waals surface area contributed by atoms with Crippen molar-refractivity contribution in [1.82, 2.24) is 24.3 Å². The van der Waals surface area contributed by atoms with Crippen LogP contribution in [0, 0.1) is 19.7 Å². The zero-order chi connectivity index (χ0) is 31.8. The first-order valence-electron chi connectivity index (χ1n) is 15.6. The minimum atomic E-state index is -0.596. The van der Waals surface area contributed by atoms with E-state index in [0.717, 1.165) is 43.9 Å². The fourth-order valence-electron chi connectivity index (χ4n) is 6.63. The first kappa shape index (κ1) is 31.0. The number of hydrogen-bond acceptors (Lipinski definition) is 7. The number of nitrogens with zero attached hydrogens (tertiary/aromatic N) is 6. The molecule has 2 aliphatic heterocycles. The molecule has 9 nitrogen and oxygen atoms in total. The zero-order valence-electron chi connectivity index (χ0n) is 26.2. The molecule has 1 amide bonds. The van der Waals surface area contributed by atoms with Gasteiger partial charge in [-0.2, -0.15) is 4.98 Å². The maximum atomic E-state index is 14.6. The summed E-state index contributed by atoms with van der Waals surface area (Å²) in [5.41, 5.74) is 4.61. The molecule has 1 N–H and O–H groups in total. The van der Waals surface area contributed by atoms with E-state index in [1.807, 2.05) is 24.8 Å². The van der Waals surface area contributed by atoms with Gasteiger partial charge in [-0.3, -0.25) is 14.2 Å². The van der Waals surface area contributed by atoms with E-state index in [1.165, 1.54) is 11.8 Å². The molecule has 0 saturated carbocycles. The number of rotatable bonds is 6. The average molecular weight is 632 g/mol. The minimum Gasteiger partial charge on any atom is -0.369 e. The second kappa shape index (κ2) is 12.8. The smallest absolute Gasteiger partial charge is 0.260 e. The molecule has 2 aromatic heterocycles. The Kier molecular flexibility index (Phi) is 8.79. The lowest BCUT2D eigenvalue weighted by molar-refractivity contribution is -0.132. The van der Waals surface area contributed by atoms with Crippen LogP contribution in [0.15, 0.2) is 47.4 Å². The number of likely N-dealkylation sites (N-methyl/N-ethyl adjacent to an activating group) is 1. The van der Waals surface area contributed by atoms with Gasteiger partial charge < -0.3 is 20.0 Å². The van der Waals surface area contributed by atoms with Crippen LogP contribution in [-0.2, 0) is 4.79 Å². The molecule has 236 valence electrons. The summed E-state index contributed by atoms with van der Waals surface area (Å²) in [7, 11) is 2.15. The van der Waals surface area contributed by atoms with Crippen molar-refractivity contribution in [3.8, 4) is 11.1 Å². The molecule has 6 rings (SSSR count). The number of carbonyl (C=O) groups excluding carboxylic acids is 1. The Bertz CT molecular complexity index is 1820. The minimum absolute atomic E-state index is 0.0462. The highest BCUT2D eigenvalue weighted by atomic mass is 35.5. The Morgan fingerprint density at radius 2 is 1.89 bits per heavy atom. The van der Waals surface area contributed by atoms with E-state index in [2.05, 4.69) is 46.2 Å². The molecule has 45 heavy (non-hydrogen) atoms. The van der Waals surface area contributed by atoms with E-state index in [9.17, 15) is 14.0 Å². The van der Waals surface area contributed by atoms with Crippen LogP contribution in [0.5, 0.6) is 0 Å². The summed E-state index contributed by atoms with van der Waals surface area (Å²) >= 11 is 6.42. The highest BCUT2D eigenvalue weighted by Gasteiger charge is 2.29. The summed E-state index contributed by atoms with van der Waals surface area (Å²) < 4.78 is 16.3. The lowest BCUT2D eigenvalue weighted by Gasteiger charge is -2.35. The van der Waals surface area contributed by atoms with Gasteiger partial charge >= 0.3 is 0 Å². The molecule has 0 spiro atoms. The maximum Gasteiger partial charge on any atom is 0.260 e. The third-order valence-corrected chi connectivity index (χ3v) is 9.53. The van der Waals surface area contributed by atoms with E-state index < -0.39 is 5.82 Å². The van der Waals surface area contributed by atoms with Crippen LogP contribution >= 0.6 is 11.6 Å². The molecule has 2 saturated heterocycles. The van der Waals surface area contributed by atoms with Gasteiger partial charge in [0.25, 0.3) is 5.56 Å². The number of anilines is 3. The van der Waals surface area contributed by atoms with E-state index in [1.54, 1.807) is 22.9 Å². The van der Waals surface area contributed by atoms with Crippen molar-refractivity contribution in [2.45, 2.75) is 46.1 Å². The molecule has 11 heteroatoms. The quantitative estimate of drug-likeness (QED) is 0.282. The van der Waals surface area contributed by atoms with Gasteiger partial charge in [0.15, 0.2) is 0 Å². The summed E-state index contributed by atoms with van der Waals surface area (Å²) in [4.78, 5) is 43.2. The number of pyridine rings is 1. The number of benzene rings is 2. The van der Waals surface area contributed by atoms with Gasteiger partial charge in [0.05, 0.1) is 16.6 Å². The predicted octanol–water partition coefficient (Wildman–Crippen LogP) is 5.94. The van der Waals surface area contributed by atoms with Crippen molar-refractivity contribution in [1.29, 1.82) is 0 Å². The van der Waals surface area contributed by atoms with Gasteiger partial charge in [-0.15, -0.1) is 0 Å². The Morgan fingerprint density at radius 3 is 2.62 bits per heavy atom. The van der Waals surface area contributed by atoms with Crippen molar-refractivity contribution in [3.05, 3.63) is 74.9 Å². The highest BCUT2D eigenvalue weighted by molar-refractivity contribution is 6.33. The van der Waals surface area contributed by atoms with E-state index in [-0.39, 0.29) is 22.5 Å². The number of piperazine rings is 1. The Hall–Kier alpha value is -4.02. The van der Waals surface area contributed by atoms with Crippen molar-refractivity contribution >= 4 is 45.9 Å². The molecule has 2 aromatic carbocycles. The fourth-order valence-corrected chi connectivity index (χ4v) is 6.85. The summed E-state index contributed by atoms with van der Waals surface area (Å²) in [6.07, 6.45) is 3.55. The molecule has 2 aliphatic rings.